The van der Waals surface area contributed by atoms with Crippen molar-refractivity contribution in [1.82, 2.24) is 4.90 Å². The fourth-order valence-electron chi connectivity index (χ4n) is 3.76. The smallest absolute Gasteiger partial charge is 0.413 e. The average molecular weight is 474 g/mol. The molecule has 1 aliphatic heterocycles. The molecule has 3 aromatic rings. The van der Waals surface area contributed by atoms with E-state index in [9.17, 15) is 9.90 Å². The third kappa shape index (κ3) is 3.97. The predicted molar refractivity (Wildman–Crippen MR) is 121 cm³/mol. The molecule has 1 N–H and O–H groups in total. The first kappa shape index (κ1) is 22.3. The van der Waals surface area contributed by atoms with Gasteiger partial charge in [-0.2, -0.15) is 0 Å². The van der Waals surface area contributed by atoms with Gasteiger partial charge in [-0.1, -0.05) is 53.5 Å². The molecule has 4 rings (SSSR count). The number of carbonyl (C=O) groups is 1. The molecule has 1 fully saturated rings. The highest BCUT2D eigenvalue weighted by Gasteiger charge is 2.56. The van der Waals surface area contributed by atoms with Crippen LogP contribution in [0.15, 0.2) is 66.7 Å². The summed E-state index contributed by atoms with van der Waals surface area (Å²) in [6.45, 7) is 0.0604. The highest BCUT2D eigenvalue weighted by Crippen LogP contribution is 2.47. The van der Waals surface area contributed by atoms with Crippen LogP contribution in [0, 0.1) is 0 Å². The minimum Gasteiger partial charge on any atom is -0.497 e. The number of halogens is 2. The van der Waals surface area contributed by atoms with Crippen molar-refractivity contribution in [2.45, 2.75) is 18.4 Å². The number of benzene rings is 3. The normalized spacial score (nSPS) is 20.2. The Balaban J connectivity index is 1.79. The molecule has 0 aromatic heterocycles. The second-order valence-electron chi connectivity index (χ2n) is 7.33. The largest absolute Gasteiger partial charge is 0.497 e. The Bertz CT molecular complexity index is 1120. The Labute approximate surface area is 195 Å². The van der Waals surface area contributed by atoms with E-state index in [2.05, 4.69) is 0 Å². The number of nitrogens with zero attached hydrogens (tertiary/aromatic N) is 1. The molecule has 1 amide bonds. The number of cyclic esters (lactones) is 1. The maximum atomic E-state index is 13.0. The first-order chi connectivity index (χ1) is 15.4. The summed E-state index contributed by atoms with van der Waals surface area (Å²) in [5, 5.41) is 12.8. The highest BCUT2D eigenvalue weighted by molar-refractivity contribution is 6.42. The molecule has 0 aliphatic carbocycles. The molecule has 0 radical (unpaired) electrons. The zero-order chi connectivity index (χ0) is 22.9. The molecule has 1 saturated heterocycles. The van der Waals surface area contributed by atoms with Crippen LogP contribution in [0.2, 0.25) is 10.0 Å². The van der Waals surface area contributed by atoms with Crippen molar-refractivity contribution >= 4 is 29.3 Å². The number of rotatable bonds is 6. The van der Waals surface area contributed by atoms with E-state index in [-0.39, 0.29) is 6.54 Å². The summed E-state index contributed by atoms with van der Waals surface area (Å²) in [5.74, 6) is 1.28. The van der Waals surface area contributed by atoms with E-state index in [0.29, 0.717) is 38.2 Å². The van der Waals surface area contributed by atoms with Gasteiger partial charge in [0.25, 0.3) is 0 Å². The average Bonchev–Trinajstić information content (AvgIpc) is 3.07. The molecular formula is C24H21Cl2NO5. The van der Waals surface area contributed by atoms with Gasteiger partial charge in [-0.15, -0.1) is 0 Å². The minimum absolute atomic E-state index is 0.0604. The van der Waals surface area contributed by atoms with Crippen molar-refractivity contribution < 1.29 is 24.1 Å². The Hall–Kier alpha value is -2.93. The van der Waals surface area contributed by atoms with Gasteiger partial charge in [0.2, 0.25) is 5.72 Å². The lowest BCUT2D eigenvalue weighted by atomic mass is 9.91. The minimum atomic E-state index is -1.79. The van der Waals surface area contributed by atoms with Crippen LogP contribution in [-0.4, -0.2) is 30.3 Å². The summed E-state index contributed by atoms with van der Waals surface area (Å²) in [4.78, 5) is 14.3. The van der Waals surface area contributed by atoms with Gasteiger partial charge >= 0.3 is 6.09 Å². The van der Waals surface area contributed by atoms with Crippen molar-refractivity contribution in [2.75, 3.05) is 14.2 Å². The first-order valence-electron chi connectivity index (χ1n) is 9.80. The molecule has 32 heavy (non-hydrogen) atoms. The quantitative estimate of drug-likeness (QED) is 0.508. The lowest BCUT2D eigenvalue weighted by Crippen LogP contribution is -2.45. The lowest BCUT2D eigenvalue weighted by molar-refractivity contribution is -0.113. The molecule has 1 aliphatic rings. The van der Waals surface area contributed by atoms with Gasteiger partial charge in [0.05, 0.1) is 30.8 Å². The molecule has 166 valence electrons. The van der Waals surface area contributed by atoms with E-state index in [4.69, 9.17) is 37.4 Å². The molecular weight excluding hydrogens is 453 g/mol. The van der Waals surface area contributed by atoms with Crippen molar-refractivity contribution in [3.05, 3.63) is 93.5 Å². The van der Waals surface area contributed by atoms with E-state index in [0.717, 1.165) is 0 Å². The standard InChI is InChI=1S/C24H21Cl2NO5/c1-30-18-8-4-16(5-9-18)22-24(29,17-6-10-19(31-2)11-7-17)27(23(28)32-22)14-15-3-12-20(25)21(26)13-15/h3-13,22,29H,14H2,1-2H3/t22-,24-/m0/s1. The van der Waals surface area contributed by atoms with Crippen molar-refractivity contribution in [3.63, 3.8) is 0 Å². The Kier molecular flexibility index (Phi) is 6.20. The van der Waals surface area contributed by atoms with Crippen molar-refractivity contribution in [1.29, 1.82) is 0 Å². The van der Waals surface area contributed by atoms with Gasteiger partial charge in [-0.3, -0.25) is 4.90 Å². The van der Waals surface area contributed by atoms with Crippen LogP contribution < -0.4 is 9.47 Å². The maximum absolute atomic E-state index is 13.0. The third-order valence-corrected chi connectivity index (χ3v) is 6.21. The molecule has 3 aromatic carbocycles. The van der Waals surface area contributed by atoms with Crippen LogP contribution in [0.25, 0.3) is 0 Å². The van der Waals surface area contributed by atoms with Gasteiger partial charge in [-0.25, -0.2) is 4.79 Å². The predicted octanol–water partition coefficient (Wildman–Crippen LogP) is 5.55. The van der Waals surface area contributed by atoms with Gasteiger partial charge in [0, 0.05) is 5.56 Å². The van der Waals surface area contributed by atoms with Crippen LogP contribution in [0.4, 0.5) is 4.79 Å². The number of amides is 1. The zero-order valence-electron chi connectivity index (χ0n) is 17.4. The SMILES string of the molecule is COc1ccc([C@@H]2OC(=O)N(Cc3ccc(Cl)c(Cl)c3)[C@]2(O)c2ccc(OC)cc2)cc1. The highest BCUT2D eigenvalue weighted by atomic mass is 35.5. The monoisotopic (exact) mass is 473 g/mol. The van der Waals surface area contributed by atoms with Gasteiger partial charge < -0.3 is 19.3 Å². The summed E-state index contributed by atoms with van der Waals surface area (Å²) in [5.41, 5.74) is 0.00199. The van der Waals surface area contributed by atoms with Gasteiger partial charge in [-0.05, 0) is 47.5 Å². The summed E-state index contributed by atoms with van der Waals surface area (Å²) in [7, 11) is 3.12. The molecule has 8 heteroatoms. The second-order valence-corrected chi connectivity index (χ2v) is 8.14. The van der Waals surface area contributed by atoms with Crippen LogP contribution >= 0.6 is 23.2 Å². The third-order valence-electron chi connectivity index (χ3n) is 5.47. The number of hydrogen-bond acceptors (Lipinski definition) is 5. The number of methoxy groups -OCH3 is 2. The van der Waals surface area contributed by atoms with Crippen LogP contribution in [0.5, 0.6) is 11.5 Å². The zero-order valence-corrected chi connectivity index (χ0v) is 18.9. The fourth-order valence-corrected chi connectivity index (χ4v) is 4.08. The first-order valence-corrected chi connectivity index (χ1v) is 10.6. The number of hydrogen-bond donors (Lipinski definition) is 1. The Morgan fingerprint density at radius 1 is 0.938 bits per heavy atom. The number of ether oxygens (including phenoxy) is 3. The summed E-state index contributed by atoms with van der Waals surface area (Å²) >= 11 is 12.2. The molecule has 0 bridgehead atoms. The molecule has 6 nitrogen and oxygen atoms in total. The van der Waals surface area contributed by atoms with E-state index in [1.807, 2.05) is 0 Å². The Morgan fingerprint density at radius 2 is 1.53 bits per heavy atom. The second kappa shape index (κ2) is 8.90. The number of carbonyl (C=O) groups excluding carboxylic acids is 1. The van der Waals surface area contributed by atoms with Crippen LogP contribution in [0.3, 0.4) is 0 Å². The van der Waals surface area contributed by atoms with E-state index in [1.165, 1.54) is 4.90 Å². The Morgan fingerprint density at radius 3 is 2.09 bits per heavy atom. The molecule has 0 spiro atoms. The molecule has 0 saturated carbocycles. The van der Waals surface area contributed by atoms with E-state index < -0.39 is 17.9 Å². The summed E-state index contributed by atoms with van der Waals surface area (Å²) < 4.78 is 16.1. The van der Waals surface area contributed by atoms with E-state index in [1.54, 1.807) is 80.9 Å². The van der Waals surface area contributed by atoms with Gasteiger partial charge in [0.15, 0.2) is 6.10 Å². The van der Waals surface area contributed by atoms with E-state index >= 15 is 0 Å². The summed E-state index contributed by atoms with van der Waals surface area (Å²) in [6, 6.07) is 18.9. The lowest BCUT2D eigenvalue weighted by Gasteiger charge is -2.35. The van der Waals surface area contributed by atoms with Crippen LogP contribution in [-0.2, 0) is 17.0 Å². The van der Waals surface area contributed by atoms with Crippen molar-refractivity contribution in [2.24, 2.45) is 0 Å². The topological polar surface area (TPSA) is 68.2 Å². The maximum Gasteiger partial charge on any atom is 0.413 e. The fraction of sp³-hybridized carbons (Fsp3) is 0.208. The molecule has 2 atom stereocenters. The number of aliphatic hydroxyl groups is 1. The van der Waals surface area contributed by atoms with Crippen molar-refractivity contribution in [3.8, 4) is 11.5 Å². The van der Waals surface area contributed by atoms with Gasteiger partial charge in [0.1, 0.15) is 11.5 Å². The summed E-state index contributed by atoms with van der Waals surface area (Å²) in [6.07, 6.45) is -1.63. The molecule has 1 heterocycles. The van der Waals surface area contributed by atoms with Crippen LogP contribution in [0.1, 0.15) is 22.8 Å². The molecule has 0 unspecified atom stereocenters.